The van der Waals surface area contributed by atoms with Crippen molar-refractivity contribution in [1.29, 1.82) is 0 Å². The summed E-state index contributed by atoms with van der Waals surface area (Å²) in [5.74, 6) is 0.524. The molecule has 0 saturated carbocycles. The van der Waals surface area contributed by atoms with Crippen molar-refractivity contribution in [3.63, 3.8) is 0 Å². The van der Waals surface area contributed by atoms with E-state index in [9.17, 15) is 14.4 Å². The molecule has 9 nitrogen and oxygen atoms in total. The van der Waals surface area contributed by atoms with Crippen molar-refractivity contribution in [3.8, 4) is 11.5 Å². The number of imide groups is 2. The standard InChI is InChI=1S/C24H24N4O5/c1-26-22(30)24(21(29)25-23(26)31)11-16-4-2-3-5-17(16)28-9-8-27(13-20(24)28)12-15-6-7-18-19(10-15)33-14-32-18/h2-7,10,20H,8-9,11-14H2,1H3,(H,25,29,31)/t20-,24-/m1/s1. The molecule has 2 aromatic carbocycles. The van der Waals surface area contributed by atoms with Gasteiger partial charge in [0, 0.05) is 38.9 Å². The van der Waals surface area contributed by atoms with E-state index >= 15 is 0 Å². The maximum Gasteiger partial charge on any atom is 0.330 e. The lowest BCUT2D eigenvalue weighted by molar-refractivity contribution is -0.153. The van der Waals surface area contributed by atoms with Gasteiger partial charge in [-0.1, -0.05) is 24.3 Å². The van der Waals surface area contributed by atoms with E-state index < -0.39 is 29.3 Å². The molecule has 4 amide bonds. The van der Waals surface area contributed by atoms with E-state index in [0.29, 0.717) is 19.6 Å². The van der Waals surface area contributed by atoms with Gasteiger partial charge in [-0.25, -0.2) is 4.79 Å². The Hall–Kier alpha value is -3.59. The second-order valence-electron chi connectivity index (χ2n) is 9.03. The first-order valence-corrected chi connectivity index (χ1v) is 11.1. The zero-order valence-electron chi connectivity index (χ0n) is 18.2. The van der Waals surface area contributed by atoms with Crippen LogP contribution in [0.25, 0.3) is 0 Å². The lowest BCUT2D eigenvalue weighted by Gasteiger charge is -2.55. The number of barbiturate groups is 1. The van der Waals surface area contributed by atoms with Crippen molar-refractivity contribution >= 4 is 23.5 Å². The Kier molecular flexibility index (Phi) is 4.38. The zero-order valence-corrected chi connectivity index (χ0v) is 18.2. The lowest BCUT2D eigenvalue weighted by atomic mass is 9.67. The molecule has 6 rings (SSSR count). The first-order chi connectivity index (χ1) is 16.0. The van der Waals surface area contributed by atoms with E-state index in [0.717, 1.165) is 39.8 Å². The highest BCUT2D eigenvalue weighted by molar-refractivity contribution is 6.20. The molecular formula is C24H24N4O5. The number of ether oxygens (including phenoxy) is 2. The molecule has 2 atom stereocenters. The van der Waals surface area contributed by atoms with E-state index in [2.05, 4.69) is 15.1 Å². The Labute approximate surface area is 190 Å². The average Bonchev–Trinajstić information content (AvgIpc) is 3.29. The maximum absolute atomic E-state index is 13.5. The van der Waals surface area contributed by atoms with Crippen molar-refractivity contribution in [3.05, 3.63) is 53.6 Å². The van der Waals surface area contributed by atoms with Gasteiger partial charge in [0.25, 0.3) is 0 Å². The second-order valence-corrected chi connectivity index (χ2v) is 9.03. The van der Waals surface area contributed by atoms with Crippen LogP contribution in [0.1, 0.15) is 11.1 Å². The summed E-state index contributed by atoms with van der Waals surface area (Å²) in [5.41, 5.74) is 1.72. The Bertz CT molecular complexity index is 1180. The number of nitrogens with one attached hydrogen (secondary N) is 1. The van der Waals surface area contributed by atoms with Gasteiger partial charge in [0.05, 0.1) is 6.04 Å². The van der Waals surface area contributed by atoms with E-state index in [1.807, 2.05) is 42.5 Å². The number of nitrogens with zero attached hydrogens (tertiary/aromatic N) is 3. The van der Waals surface area contributed by atoms with Crippen LogP contribution in [0.5, 0.6) is 11.5 Å². The third-order valence-corrected chi connectivity index (χ3v) is 7.26. The Morgan fingerprint density at radius 1 is 1.06 bits per heavy atom. The molecule has 4 aliphatic heterocycles. The maximum atomic E-state index is 13.5. The third-order valence-electron chi connectivity index (χ3n) is 7.26. The fraction of sp³-hybridized carbons (Fsp3) is 0.375. The van der Waals surface area contributed by atoms with Crippen LogP contribution >= 0.6 is 0 Å². The molecule has 2 saturated heterocycles. The quantitative estimate of drug-likeness (QED) is 0.694. The van der Waals surface area contributed by atoms with Crippen LogP contribution in [-0.2, 0) is 22.6 Å². The SMILES string of the molecule is CN1C(=O)NC(=O)[C@]2(Cc3ccccc3N3CCN(Cc4ccc5c(c4)OCO5)C[C@@H]32)C1=O. The first-order valence-electron chi connectivity index (χ1n) is 11.1. The van der Waals surface area contributed by atoms with Gasteiger partial charge >= 0.3 is 6.03 Å². The van der Waals surface area contributed by atoms with Crippen LogP contribution in [0.15, 0.2) is 42.5 Å². The van der Waals surface area contributed by atoms with E-state index in [4.69, 9.17) is 9.47 Å². The van der Waals surface area contributed by atoms with Crippen LogP contribution in [0.4, 0.5) is 10.5 Å². The number of hydrogen-bond acceptors (Lipinski definition) is 7. The summed E-state index contributed by atoms with van der Waals surface area (Å²) >= 11 is 0. The predicted molar refractivity (Wildman–Crippen MR) is 118 cm³/mol. The highest BCUT2D eigenvalue weighted by Crippen LogP contribution is 2.45. The molecule has 2 aromatic rings. The van der Waals surface area contributed by atoms with E-state index in [-0.39, 0.29) is 13.2 Å². The number of fused-ring (bicyclic) bond motifs is 5. The molecular weight excluding hydrogens is 424 g/mol. The van der Waals surface area contributed by atoms with Crippen molar-refractivity contribution in [2.45, 2.75) is 19.0 Å². The fourth-order valence-electron chi connectivity index (χ4n) is 5.58. The molecule has 4 aliphatic rings. The van der Waals surface area contributed by atoms with Gasteiger partial charge in [0.15, 0.2) is 16.9 Å². The fourth-order valence-corrected chi connectivity index (χ4v) is 5.58. The largest absolute Gasteiger partial charge is 0.454 e. The van der Waals surface area contributed by atoms with Gasteiger partial charge in [-0.2, -0.15) is 0 Å². The van der Waals surface area contributed by atoms with Crippen molar-refractivity contribution in [2.24, 2.45) is 5.41 Å². The number of rotatable bonds is 2. The topological polar surface area (TPSA) is 91.4 Å². The van der Waals surface area contributed by atoms with E-state index in [1.54, 1.807) is 0 Å². The summed E-state index contributed by atoms with van der Waals surface area (Å²) in [5, 5.41) is 2.43. The summed E-state index contributed by atoms with van der Waals surface area (Å²) in [4.78, 5) is 44.5. The Morgan fingerprint density at radius 2 is 1.88 bits per heavy atom. The number of carbonyl (C=O) groups is 3. The zero-order chi connectivity index (χ0) is 22.7. The third kappa shape index (κ3) is 2.92. The second kappa shape index (κ2) is 7.21. The molecule has 1 spiro atoms. The normalized spacial score (nSPS) is 26.3. The minimum absolute atomic E-state index is 0.227. The molecule has 33 heavy (non-hydrogen) atoms. The summed E-state index contributed by atoms with van der Waals surface area (Å²) < 4.78 is 10.9. The number of piperazine rings is 1. The first kappa shape index (κ1) is 20.0. The number of hydrogen-bond donors (Lipinski definition) is 1. The molecule has 4 heterocycles. The Morgan fingerprint density at radius 3 is 2.76 bits per heavy atom. The number of carbonyl (C=O) groups excluding carboxylic acids is 3. The smallest absolute Gasteiger partial charge is 0.330 e. The lowest BCUT2D eigenvalue weighted by Crippen LogP contribution is -2.74. The van der Waals surface area contributed by atoms with Crippen molar-refractivity contribution in [1.82, 2.24) is 15.1 Å². The van der Waals surface area contributed by atoms with Gasteiger partial charge in [0.1, 0.15) is 0 Å². The number of benzene rings is 2. The summed E-state index contributed by atoms with van der Waals surface area (Å²) in [6.07, 6.45) is 0.268. The molecule has 170 valence electrons. The van der Waals surface area contributed by atoms with Crippen molar-refractivity contribution < 1.29 is 23.9 Å². The van der Waals surface area contributed by atoms with Crippen LogP contribution in [0, 0.1) is 5.41 Å². The van der Waals surface area contributed by atoms with Gasteiger partial charge < -0.3 is 14.4 Å². The number of amides is 4. The molecule has 0 radical (unpaired) electrons. The summed E-state index contributed by atoms with van der Waals surface area (Å²) in [6.45, 7) is 2.85. The summed E-state index contributed by atoms with van der Waals surface area (Å²) in [6, 6.07) is 12.7. The molecule has 0 aliphatic carbocycles. The van der Waals surface area contributed by atoms with Crippen molar-refractivity contribution in [2.75, 3.05) is 38.4 Å². The van der Waals surface area contributed by atoms with Crippen LogP contribution in [0.2, 0.25) is 0 Å². The van der Waals surface area contributed by atoms with Gasteiger partial charge in [-0.3, -0.25) is 24.7 Å². The minimum atomic E-state index is -1.36. The van der Waals surface area contributed by atoms with Gasteiger partial charge in [-0.05, 0) is 35.7 Å². The minimum Gasteiger partial charge on any atom is -0.454 e. The molecule has 1 N–H and O–H groups in total. The number of urea groups is 1. The Balaban J connectivity index is 1.36. The molecule has 0 aromatic heterocycles. The molecule has 0 unspecified atom stereocenters. The highest BCUT2D eigenvalue weighted by Gasteiger charge is 2.62. The number of anilines is 1. The highest BCUT2D eigenvalue weighted by atomic mass is 16.7. The molecule has 9 heteroatoms. The number of para-hydroxylation sites is 1. The van der Waals surface area contributed by atoms with Crippen LogP contribution in [-0.4, -0.2) is 67.2 Å². The molecule has 0 bridgehead atoms. The average molecular weight is 448 g/mol. The predicted octanol–water partition coefficient (Wildman–Crippen LogP) is 1.36. The van der Waals surface area contributed by atoms with Gasteiger partial charge in [0.2, 0.25) is 18.6 Å². The van der Waals surface area contributed by atoms with Crippen LogP contribution in [0.3, 0.4) is 0 Å². The molecule has 2 fully saturated rings. The van der Waals surface area contributed by atoms with Crippen LogP contribution < -0.4 is 19.7 Å². The monoisotopic (exact) mass is 448 g/mol. The summed E-state index contributed by atoms with van der Waals surface area (Å²) in [7, 11) is 1.43. The van der Waals surface area contributed by atoms with E-state index in [1.165, 1.54) is 7.05 Å². The van der Waals surface area contributed by atoms with Gasteiger partial charge in [-0.15, -0.1) is 0 Å².